The summed E-state index contributed by atoms with van der Waals surface area (Å²) in [6.07, 6.45) is 0.977. The fraction of sp³-hybridized carbons (Fsp3) is 0.318. The second-order valence-corrected chi connectivity index (χ2v) is 8.75. The summed E-state index contributed by atoms with van der Waals surface area (Å²) in [5, 5.41) is 2.52. The summed E-state index contributed by atoms with van der Waals surface area (Å²) in [5.41, 5.74) is 0.291. The smallest absolute Gasteiger partial charge is 0.339 e. The molecule has 1 amide bonds. The maximum Gasteiger partial charge on any atom is 0.339 e. The van der Waals surface area contributed by atoms with E-state index in [4.69, 9.17) is 9.47 Å². The number of nitrogens with one attached hydrogen (secondary N) is 1. The number of hydrogen-bond acceptors (Lipinski definition) is 8. The van der Waals surface area contributed by atoms with Crippen LogP contribution in [-0.2, 0) is 24.3 Å². The molecule has 0 radical (unpaired) electrons. The van der Waals surface area contributed by atoms with Crippen LogP contribution in [0.4, 0.5) is 11.4 Å². The highest BCUT2D eigenvalue weighted by Gasteiger charge is 2.30. The molecule has 0 spiro atoms. The number of carbonyl (C=O) groups is 3. The van der Waals surface area contributed by atoms with Crippen LogP contribution in [0.2, 0.25) is 0 Å². The van der Waals surface area contributed by atoms with Crippen LogP contribution < -0.4 is 14.4 Å². The first-order valence-electron chi connectivity index (χ1n) is 9.87. The minimum absolute atomic E-state index is 0.0160. The highest BCUT2D eigenvalue weighted by Crippen LogP contribution is 2.26. The molecule has 0 aromatic heterocycles. The molecule has 0 saturated heterocycles. The van der Waals surface area contributed by atoms with Gasteiger partial charge in [0.25, 0.3) is 0 Å². The number of esters is 2. The van der Waals surface area contributed by atoms with Crippen LogP contribution in [0.15, 0.2) is 42.5 Å². The van der Waals surface area contributed by atoms with Gasteiger partial charge in [0.2, 0.25) is 15.9 Å². The lowest BCUT2D eigenvalue weighted by Gasteiger charge is -2.28. The zero-order valence-electron chi connectivity index (χ0n) is 18.9. The van der Waals surface area contributed by atoms with Crippen molar-refractivity contribution >= 4 is 39.2 Å². The predicted octanol–water partition coefficient (Wildman–Crippen LogP) is 2.45. The normalized spacial score (nSPS) is 11.8. The van der Waals surface area contributed by atoms with Gasteiger partial charge in [-0.05, 0) is 56.3 Å². The second kappa shape index (κ2) is 10.8. The van der Waals surface area contributed by atoms with E-state index in [9.17, 15) is 22.8 Å². The van der Waals surface area contributed by atoms with Crippen LogP contribution in [0.3, 0.4) is 0 Å². The number of methoxy groups -OCH3 is 2. The van der Waals surface area contributed by atoms with Crippen molar-refractivity contribution in [2.24, 2.45) is 0 Å². The SMILES string of the molecule is CCOc1ccc(N([C@H](C)C(=O)Nc2cc(C(=O)OC)ccc2C(=O)OC)S(C)(=O)=O)cc1. The molecular weight excluding hydrogens is 452 g/mol. The van der Waals surface area contributed by atoms with Gasteiger partial charge in [-0.3, -0.25) is 9.10 Å². The minimum Gasteiger partial charge on any atom is -0.494 e. The molecule has 0 saturated carbocycles. The average Bonchev–Trinajstić information content (AvgIpc) is 2.78. The van der Waals surface area contributed by atoms with Gasteiger partial charge in [0.05, 0.1) is 49.6 Å². The van der Waals surface area contributed by atoms with Gasteiger partial charge < -0.3 is 19.5 Å². The maximum atomic E-state index is 13.0. The Morgan fingerprint density at radius 3 is 2.12 bits per heavy atom. The van der Waals surface area contributed by atoms with Gasteiger partial charge in [-0.25, -0.2) is 18.0 Å². The number of anilines is 2. The van der Waals surface area contributed by atoms with Crippen molar-refractivity contribution < 1.29 is 37.0 Å². The standard InChI is InChI=1S/C22H26N2O8S/c1-6-32-17-10-8-16(9-11-17)24(33(5,28)29)14(2)20(25)23-19-13-15(21(26)30-3)7-12-18(19)22(27)31-4/h7-14H,6H2,1-5H3,(H,23,25)/t14-/m1/s1. The summed E-state index contributed by atoms with van der Waals surface area (Å²) in [7, 11) is -1.51. The number of sulfonamides is 1. The summed E-state index contributed by atoms with van der Waals surface area (Å²) in [5.74, 6) is -1.61. The average molecular weight is 479 g/mol. The molecule has 0 aliphatic rings. The summed E-state index contributed by atoms with van der Waals surface area (Å²) in [6.45, 7) is 3.66. The quantitative estimate of drug-likeness (QED) is 0.544. The molecule has 2 aromatic rings. The largest absolute Gasteiger partial charge is 0.494 e. The third-order valence-corrected chi connectivity index (χ3v) is 5.84. The van der Waals surface area contributed by atoms with E-state index in [0.717, 1.165) is 10.6 Å². The first-order valence-corrected chi connectivity index (χ1v) is 11.7. The molecule has 1 N–H and O–H groups in total. The van der Waals surface area contributed by atoms with Crippen LogP contribution in [0.5, 0.6) is 5.75 Å². The molecule has 2 rings (SSSR count). The molecule has 0 bridgehead atoms. The Balaban J connectivity index is 2.42. The first-order chi connectivity index (χ1) is 15.5. The van der Waals surface area contributed by atoms with Crippen LogP contribution in [-0.4, -0.2) is 59.4 Å². The van der Waals surface area contributed by atoms with Crippen molar-refractivity contribution in [3.05, 3.63) is 53.6 Å². The Kier molecular flexibility index (Phi) is 8.41. The van der Waals surface area contributed by atoms with Gasteiger partial charge in [-0.2, -0.15) is 0 Å². The summed E-state index contributed by atoms with van der Waals surface area (Å²) < 4.78 is 40.8. The number of ether oxygens (including phenoxy) is 3. The van der Waals surface area contributed by atoms with E-state index in [0.29, 0.717) is 12.4 Å². The maximum absolute atomic E-state index is 13.0. The monoisotopic (exact) mass is 478 g/mol. The van der Waals surface area contributed by atoms with E-state index < -0.39 is 33.9 Å². The molecule has 0 unspecified atom stereocenters. The Morgan fingerprint density at radius 1 is 1.00 bits per heavy atom. The van der Waals surface area contributed by atoms with Crippen LogP contribution in [0.1, 0.15) is 34.6 Å². The Bertz CT molecular complexity index is 1130. The van der Waals surface area contributed by atoms with Crippen LogP contribution in [0, 0.1) is 0 Å². The fourth-order valence-corrected chi connectivity index (χ4v) is 4.26. The van der Waals surface area contributed by atoms with E-state index in [1.807, 2.05) is 6.92 Å². The third kappa shape index (κ3) is 6.22. The molecule has 2 aromatic carbocycles. The molecule has 10 nitrogen and oxygen atoms in total. The third-order valence-electron chi connectivity index (χ3n) is 4.59. The topological polar surface area (TPSA) is 128 Å². The van der Waals surface area contributed by atoms with E-state index in [2.05, 4.69) is 10.1 Å². The highest BCUT2D eigenvalue weighted by molar-refractivity contribution is 7.92. The molecule has 1 atom stereocenters. The van der Waals surface area contributed by atoms with Crippen molar-refractivity contribution in [2.75, 3.05) is 36.7 Å². The molecule has 0 fully saturated rings. The van der Waals surface area contributed by atoms with E-state index >= 15 is 0 Å². The van der Waals surface area contributed by atoms with Gasteiger partial charge in [0, 0.05) is 0 Å². The van der Waals surface area contributed by atoms with Gasteiger partial charge in [0.1, 0.15) is 11.8 Å². The number of hydrogen-bond donors (Lipinski definition) is 1. The Labute approximate surface area is 192 Å². The summed E-state index contributed by atoms with van der Waals surface area (Å²) in [4.78, 5) is 37.1. The lowest BCUT2D eigenvalue weighted by Crippen LogP contribution is -2.45. The summed E-state index contributed by atoms with van der Waals surface area (Å²) >= 11 is 0. The van der Waals surface area contributed by atoms with Crippen molar-refractivity contribution in [3.8, 4) is 5.75 Å². The zero-order chi connectivity index (χ0) is 24.8. The molecule has 0 aliphatic heterocycles. The minimum atomic E-state index is -3.87. The van der Waals surface area contributed by atoms with Crippen LogP contribution in [0.25, 0.3) is 0 Å². The Morgan fingerprint density at radius 2 is 1.61 bits per heavy atom. The predicted molar refractivity (Wildman–Crippen MR) is 122 cm³/mol. The summed E-state index contributed by atoms with van der Waals surface area (Å²) in [6, 6.07) is 8.93. The van der Waals surface area contributed by atoms with Gasteiger partial charge in [0.15, 0.2) is 0 Å². The first kappa shape index (κ1) is 25.7. The van der Waals surface area contributed by atoms with Crippen molar-refractivity contribution in [1.29, 1.82) is 0 Å². The molecule has 33 heavy (non-hydrogen) atoms. The lowest BCUT2D eigenvalue weighted by molar-refractivity contribution is -0.116. The second-order valence-electron chi connectivity index (χ2n) is 6.89. The fourth-order valence-electron chi connectivity index (χ4n) is 3.08. The van der Waals surface area contributed by atoms with Crippen molar-refractivity contribution in [1.82, 2.24) is 0 Å². The number of nitrogens with zero attached hydrogens (tertiary/aromatic N) is 1. The highest BCUT2D eigenvalue weighted by atomic mass is 32.2. The molecule has 11 heteroatoms. The molecule has 0 heterocycles. The lowest BCUT2D eigenvalue weighted by atomic mass is 10.1. The van der Waals surface area contributed by atoms with Crippen molar-refractivity contribution in [2.45, 2.75) is 19.9 Å². The van der Waals surface area contributed by atoms with Crippen molar-refractivity contribution in [3.63, 3.8) is 0 Å². The zero-order valence-corrected chi connectivity index (χ0v) is 19.8. The van der Waals surface area contributed by atoms with E-state index in [1.54, 1.807) is 12.1 Å². The Hall–Kier alpha value is -3.60. The van der Waals surface area contributed by atoms with Crippen LogP contribution >= 0.6 is 0 Å². The van der Waals surface area contributed by atoms with Gasteiger partial charge in [-0.15, -0.1) is 0 Å². The number of carbonyl (C=O) groups excluding carboxylic acids is 3. The van der Waals surface area contributed by atoms with Gasteiger partial charge >= 0.3 is 11.9 Å². The van der Waals surface area contributed by atoms with Gasteiger partial charge in [-0.1, -0.05) is 0 Å². The molecular formula is C22H26N2O8S. The molecule has 178 valence electrons. The number of amides is 1. The van der Waals surface area contributed by atoms with E-state index in [1.165, 1.54) is 51.5 Å². The molecule has 0 aliphatic carbocycles. The number of rotatable bonds is 9. The van der Waals surface area contributed by atoms with E-state index in [-0.39, 0.29) is 22.5 Å². The number of benzene rings is 2.